The van der Waals surface area contributed by atoms with Gasteiger partial charge in [-0.25, -0.2) is 0 Å². The maximum Gasteiger partial charge on any atom is 0.418 e. The molecule has 2 N–H and O–H groups in total. The van der Waals surface area contributed by atoms with Crippen LogP contribution in [0.2, 0.25) is 0 Å². The summed E-state index contributed by atoms with van der Waals surface area (Å²) >= 11 is 0. The SMILES string of the molecule is O=C(NNc1ccccc1C(F)(F)F)c1cnn(-c2ccccc2)n1. The van der Waals surface area contributed by atoms with E-state index in [4.69, 9.17) is 0 Å². The normalized spacial score (nSPS) is 11.2. The molecule has 3 rings (SSSR count). The topological polar surface area (TPSA) is 71.8 Å². The molecule has 0 aliphatic heterocycles. The summed E-state index contributed by atoms with van der Waals surface area (Å²) < 4.78 is 38.7. The van der Waals surface area contributed by atoms with Crippen LogP contribution >= 0.6 is 0 Å². The van der Waals surface area contributed by atoms with Gasteiger partial charge in [0.15, 0.2) is 5.69 Å². The molecule has 0 saturated heterocycles. The van der Waals surface area contributed by atoms with Crippen LogP contribution in [-0.2, 0) is 6.18 Å². The number of nitrogens with zero attached hydrogens (tertiary/aromatic N) is 3. The number of aromatic nitrogens is 3. The minimum atomic E-state index is -4.54. The third kappa shape index (κ3) is 3.77. The Morgan fingerprint density at radius 1 is 1.00 bits per heavy atom. The van der Waals surface area contributed by atoms with E-state index < -0.39 is 17.6 Å². The van der Waals surface area contributed by atoms with E-state index in [1.54, 1.807) is 24.3 Å². The Morgan fingerprint density at radius 3 is 2.40 bits per heavy atom. The van der Waals surface area contributed by atoms with Crippen molar-refractivity contribution in [2.75, 3.05) is 5.43 Å². The number of alkyl halides is 3. The van der Waals surface area contributed by atoms with Gasteiger partial charge in [0.05, 0.1) is 23.1 Å². The molecule has 0 spiro atoms. The number of carbonyl (C=O) groups is 1. The van der Waals surface area contributed by atoms with Gasteiger partial charge < -0.3 is 0 Å². The third-order valence-corrected chi connectivity index (χ3v) is 3.25. The number of rotatable bonds is 4. The molecule has 1 aromatic heterocycles. The minimum Gasteiger partial charge on any atom is -0.298 e. The summed E-state index contributed by atoms with van der Waals surface area (Å²) in [6.45, 7) is 0. The van der Waals surface area contributed by atoms with E-state index in [9.17, 15) is 18.0 Å². The Hall–Kier alpha value is -3.36. The van der Waals surface area contributed by atoms with Gasteiger partial charge in [-0.1, -0.05) is 30.3 Å². The van der Waals surface area contributed by atoms with Crippen molar-refractivity contribution in [3.8, 4) is 5.69 Å². The number of para-hydroxylation sites is 2. The fraction of sp³-hybridized carbons (Fsp3) is 0.0625. The molecule has 0 bridgehead atoms. The summed E-state index contributed by atoms with van der Waals surface area (Å²) in [4.78, 5) is 13.3. The van der Waals surface area contributed by atoms with Gasteiger partial charge in [-0.15, -0.1) is 5.10 Å². The highest BCUT2D eigenvalue weighted by Gasteiger charge is 2.33. The van der Waals surface area contributed by atoms with Crippen LogP contribution in [0.1, 0.15) is 16.1 Å². The number of hydrogen-bond donors (Lipinski definition) is 2. The van der Waals surface area contributed by atoms with Crippen LogP contribution in [0.4, 0.5) is 18.9 Å². The first-order valence-electron chi connectivity index (χ1n) is 7.15. The van der Waals surface area contributed by atoms with Crippen LogP contribution in [-0.4, -0.2) is 20.9 Å². The Bertz CT molecular complexity index is 877. The lowest BCUT2D eigenvalue weighted by Crippen LogP contribution is -2.31. The third-order valence-electron chi connectivity index (χ3n) is 3.25. The standard InChI is InChI=1S/C16H12F3N5O/c17-16(18,19)12-8-4-5-9-13(12)21-22-15(25)14-10-20-24(23-14)11-6-2-1-3-7-11/h1-10,21H,(H,22,25). The van der Waals surface area contributed by atoms with Gasteiger partial charge in [0.2, 0.25) is 0 Å². The number of hydrazine groups is 1. The first-order chi connectivity index (χ1) is 11.9. The molecule has 2 aromatic carbocycles. The molecule has 1 amide bonds. The lowest BCUT2D eigenvalue weighted by Gasteiger charge is -2.14. The fourth-order valence-corrected chi connectivity index (χ4v) is 2.08. The molecular weight excluding hydrogens is 335 g/mol. The molecule has 128 valence electrons. The summed E-state index contributed by atoms with van der Waals surface area (Å²) in [5, 5.41) is 7.95. The number of hydrogen-bond acceptors (Lipinski definition) is 4. The molecule has 3 aromatic rings. The zero-order valence-corrected chi connectivity index (χ0v) is 12.7. The van der Waals surface area contributed by atoms with Crippen LogP contribution < -0.4 is 10.9 Å². The van der Waals surface area contributed by atoms with Crippen molar-refractivity contribution in [2.45, 2.75) is 6.18 Å². The van der Waals surface area contributed by atoms with E-state index in [1.807, 2.05) is 6.07 Å². The Balaban J connectivity index is 1.71. The fourth-order valence-electron chi connectivity index (χ4n) is 2.08. The second-order valence-electron chi connectivity index (χ2n) is 4.98. The van der Waals surface area contributed by atoms with E-state index in [1.165, 1.54) is 29.2 Å². The summed E-state index contributed by atoms with van der Waals surface area (Å²) in [6, 6.07) is 13.7. The second kappa shape index (κ2) is 6.63. The smallest absolute Gasteiger partial charge is 0.298 e. The molecule has 0 radical (unpaired) electrons. The molecule has 0 aliphatic carbocycles. The van der Waals surface area contributed by atoms with Crippen molar-refractivity contribution in [1.82, 2.24) is 20.4 Å². The summed E-state index contributed by atoms with van der Waals surface area (Å²) in [6.07, 6.45) is -3.32. The number of nitrogens with one attached hydrogen (secondary N) is 2. The van der Waals surface area contributed by atoms with Crippen LogP contribution in [0.15, 0.2) is 60.8 Å². The Kier molecular flexibility index (Phi) is 4.38. The Morgan fingerprint density at radius 2 is 1.68 bits per heavy atom. The molecule has 0 atom stereocenters. The van der Waals surface area contributed by atoms with Crippen molar-refractivity contribution in [3.63, 3.8) is 0 Å². The van der Waals surface area contributed by atoms with Crippen molar-refractivity contribution in [2.24, 2.45) is 0 Å². The maximum absolute atomic E-state index is 12.9. The second-order valence-corrected chi connectivity index (χ2v) is 4.98. The summed E-state index contributed by atoms with van der Waals surface area (Å²) in [5.74, 6) is -0.709. The summed E-state index contributed by atoms with van der Waals surface area (Å²) in [7, 11) is 0. The number of amides is 1. The van der Waals surface area contributed by atoms with E-state index in [0.29, 0.717) is 5.69 Å². The molecule has 0 unspecified atom stereocenters. The van der Waals surface area contributed by atoms with Crippen LogP contribution in [0.3, 0.4) is 0 Å². The highest BCUT2D eigenvalue weighted by atomic mass is 19.4. The van der Waals surface area contributed by atoms with Gasteiger partial charge in [-0.2, -0.15) is 23.1 Å². The average Bonchev–Trinajstić information content (AvgIpc) is 3.10. The quantitative estimate of drug-likeness (QED) is 0.712. The lowest BCUT2D eigenvalue weighted by molar-refractivity contribution is -0.137. The largest absolute Gasteiger partial charge is 0.418 e. The zero-order chi connectivity index (χ0) is 17.9. The molecular formula is C16H12F3N5O. The van der Waals surface area contributed by atoms with Crippen LogP contribution in [0.25, 0.3) is 5.69 Å². The molecule has 6 nitrogen and oxygen atoms in total. The number of carbonyl (C=O) groups excluding carboxylic acids is 1. The lowest BCUT2D eigenvalue weighted by atomic mass is 10.2. The molecule has 9 heteroatoms. The van der Waals surface area contributed by atoms with Gasteiger partial charge in [-0.3, -0.25) is 15.6 Å². The van der Waals surface area contributed by atoms with E-state index >= 15 is 0 Å². The molecule has 0 saturated carbocycles. The highest BCUT2D eigenvalue weighted by molar-refractivity contribution is 5.92. The monoisotopic (exact) mass is 347 g/mol. The van der Waals surface area contributed by atoms with Gasteiger partial charge in [0.25, 0.3) is 5.91 Å². The zero-order valence-electron chi connectivity index (χ0n) is 12.7. The molecule has 1 heterocycles. The van der Waals surface area contributed by atoms with Gasteiger partial charge >= 0.3 is 6.18 Å². The predicted octanol–water partition coefficient (Wildman–Crippen LogP) is 3.04. The first kappa shape index (κ1) is 16.5. The number of anilines is 1. The van der Waals surface area contributed by atoms with E-state index in [2.05, 4.69) is 21.0 Å². The van der Waals surface area contributed by atoms with Gasteiger partial charge in [0, 0.05) is 0 Å². The highest BCUT2D eigenvalue weighted by Crippen LogP contribution is 2.34. The van der Waals surface area contributed by atoms with Crippen molar-refractivity contribution in [1.29, 1.82) is 0 Å². The van der Waals surface area contributed by atoms with E-state index in [0.717, 1.165) is 6.07 Å². The van der Waals surface area contributed by atoms with Crippen molar-refractivity contribution >= 4 is 11.6 Å². The molecule has 0 fully saturated rings. The predicted molar refractivity (Wildman–Crippen MR) is 83.9 cm³/mol. The summed E-state index contributed by atoms with van der Waals surface area (Å²) in [5.41, 5.74) is 3.92. The molecule has 25 heavy (non-hydrogen) atoms. The van der Waals surface area contributed by atoms with Crippen molar-refractivity contribution < 1.29 is 18.0 Å². The van der Waals surface area contributed by atoms with Crippen LogP contribution in [0, 0.1) is 0 Å². The molecule has 0 aliphatic rings. The van der Waals surface area contributed by atoms with Crippen LogP contribution in [0.5, 0.6) is 0 Å². The van der Waals surface area contributed by atoms with Crippen molar-refractivity contribution in [3.05, 3.63) is 72.1 Å². The number of halogens is 3. The first-order valence-corrected chi connectivity index (χ1v) is 7.15. The minimum absolute atomic E-state index is 0.0409. The van der Waals surface area contributed by atoms with E-state index in [-0.39, 0.29) is 11.4 Å². The van der Waals surface area contributed by atoms with Gasteiger partial charge in [-0.05, 0) is 24.3 Å². The maximum atomic E-state index is 12.9. The Labute approximate surface area is 140 Å². The number of benzene rings is 2. The average molecular weight is 347 g/mol. The van der Waals surface area contributed by atoms with Gasteiger partial charge in [0.1, 0.15) is 0 Å².